The van der Waals surface area contributed by atoms with Crippen molar-refractivity contribution < 1.29 is 24.2 Å². The summed E-state index contributed by atoms with van der Waals surface area (Å²) < 4.78 is 11.7. The molecule has 0 bridgehead atoms. The number of carboxylic acid groups (broad SMARTS) is 1. The molecule has 2 aromatic carbocycles. The van der Waals surface area contributed by atoms with Gasteiger partial charge in [-0.1, -0.05) is 18.2 Å². The lowest BCUT2D eigenvalue weighted by Gasteiger charge is -2.29. The van der Waals surface area contributed by atoms with Crippen LogP contribution in [0.15, 0.2) is 53.3 Å². The van der Waals surface area contributed by atoms with Crippen molar-refractivity contribution >= 4 is 23.3 Å². The molecule has 2 aliphatic rings. The molecule has 0 atom stereocenters. The Bertz CT molecular complexity index is 1340. The van der Waals surface area contributed by atoms with Gasteiger partial charge in [-0.25, -0.2) is 0 Å². The number of rotatable bonds is 6. The van der Waals surface area contributed by atoms with Gasteiger partial charge in [-0.15, -0.1) is 0 Å². The maximum Gasteiger partial charge on any atom is 0.303 e. The van der Waals surface area contributed by atoms with Gasteiger partial charge in [0.15, 0.2) is 0 Å². The highest BCUT2D eigenvalue weighted by atomic mass is 16.5. The van der Waals surface area contributed by atoms with E-state index in [0.717, 1.165) is 35.5 Å². The van der Waals surface area contributed by atoms with Crippen LogP contribution >= 0.6 is 0 Å². The lowest BCUT2D eigenvalue weighted by atomic mass is 9.95. The van der Waals surface area contributed by atoms with E-state index in [1.165, 1.54) is 0 Å². The topological polar surface area (TPSA) is 121 Å². The third-order valence-electron chi connectivity index (χ3n) is 6.14. The highest BCUT2D eigenvalue weighted by Crippen LogP contribution is 2.44. The van der Waals surface area contributed by atoms with Gasteiger partial charge >= 0.3 is 5.97 Å². The van der Waals surface area contributed by atoms with E-state index in [1.807, 2.05) is 30.3 Å². The summed E-state index contributed by atoms with van der Waals surface area (Å²) in [6.07, 6.45) is 0.181. The van der Waals surface area contributed by atoms with Crippen molar-refractivity contribution in [1.82, 2.24) is 4.98 Å². The number of amides is 1. The summed E-state index contributed by atoms with van der Waals surface area (Å²) in [7, 11) is 0. The molecule has 180 valence electrons. The first kappa shape index (κ1) is 22.7. The van der Waals surface area contributed by atoms with Crippen LogP contribution < -0.4 is 20.5 Å². The van der Waals surface area contributed by atoms with Crippen LogP contribution in [-0.4, -0.2) is 48.3 Å². The molecule has 9 heteroatoms. The Balaban J connectivity index is 1.45. The normalized spacial score (nSPS) is 14.5. The maximum atomic E-state index is 12.5. The van der Waals surface area contributed by atoms with Crippen LogP contribution in [0.1, 0.15) is 24.0 Å². The van der Waals surface area contributed by atoms with Crippen LogP contribution in [-0.2, 0) is 20.7 Å². The molecule has 9 nitrogen and oxygen atoms in total. The molecule has 0 aliphatic carbocycles. The predicted octanol–water partition coefficient (Wildman–Crippen LogP) is 3.38. The van der Waals surface area contributed by atoms with Crippen LogP contribution in [0.25, 0.3) is 11.3 Å². The lowest BCUT2D eigenvalue weighted by Crippen LogP contribution is -2.36. The van der Waals surface area contributed by atoms with E-state index in [2.05, 4.69) is 15.2 Å². The Labute approximate surface area is 201 Å². The molecule has 1 saturated heterocycles. The second-order valence-electron chi connectivity index (χ2n) is 8.51. The SMILES string of the molecule is O=C(O)CCC(=O)Nc1cccc2c1Cc1cccc(-c3cc(N4CCOCC4)cc(=O)[nH]3)c1O2. The number of aromatic amines is 1. The fourth-order valence-electron chi connectivity index (χ4n) is 4.43. The molecule has 1 aromatic heterocycles. The number of aliphatic carboxylic acids is 1. The van der Waals surface area contributed by atoms with Crippen molar-refractivity contribution in [2.24, 2.45) is 0 Å². The van der Waals surface area contributed by atoms with Gasteiger partial charge in [-0.05, 0) is 24.3 Å². The second-order valence-corrected chi connectivity index (χ2v) is 8.51. The van der Waals surface area contributed by atoms with Gasteiger partial charge in [0.05, 0.1) is 25.3 Å². The van der Waals surface area contributed by atoms with Gasteiger partial charge in [-0.3, -0.25) is 14.4 Å². The number of nitrogens with zero attached hydrogens (tertiary/aromatic N) is 1. The fourth-order valence-corrected chi connectivity index (χ4v) is 4.43. The molecule has 3 aromatic rings. The number of pyridine rings is 1. The number of carboxylic acids is 1. The minimum Gasteiger partial charge on any atom is -0.481 e. The maximum absolute atomic E-state index is 12.5. The molecule has 5 rings (SSSR count). The molecule has 0 spiro atoms. The number of morpholine rings is 1. The number of carbonyl (C=O) groups excluding carboxylic acids is 1. The van der Waals surface area contributed by atoms with Crippen LogP contribution in [0.3, 0.4) is 0 Å². The summed E-state index contributed by atoms with van der Waals surface area (Å²) in [4.78, 5) is 40.6. The quantitative estimate of drug-likeness (QED) is 0.391. The van der Waals surface area contributed by atoms with E-state index in [0.29, 0.717) is 42.5 Å². The van der Waals surface area contributed by atoms with Gasteiger partial charge in [0.25, 0.3) is 0 Å². The molecule has 0 saturated carbocycles. The van der Waals surface area contributed by atoms with Crippen LogP contribution in [0.4, 0.5) is 11.4 Å². The molecule has 0 radical (unpaired) electrons. The van der Waals surface area contributed by atoms with E-state index in [9.17, 15) is 14.4 Å². The molecule has 1 amide bonds. The highest BCUT2D eigenvalue weighted by Gasteiger charge is 2.24. The number of para-hydroxylation sites is 1. The number of anilines is 2. The van der Waals surface area contributed by atoms with Crippen molar-refractivity contribution in [3.8, 4) is 22.8 Å². The minimum absolute atomic E-state index is 0.104. The Hall–Kier alpha value is -4.11. The average Bonchev–Trinajstić information content (AvgIpc) is 2.86. The number of aromatic nitrogens is 1. The standard InChI is InChI=1S/C26H25N3O6/c30-23(7-8-25(32)33)27-20-5-2-6-22-19(20)13-16-3-1-4-18(26(16)35-22)21-14-17(15-24(31)28-21)29-9-11-34-12-10-29/h1-6,14-15H,7-13H2,(H,27,30)(H,28,31)(H,32,33). The molecule has 1 fully saturated rings. The van der Waals surface area contributed by atoms with Gasteiger partial charge in [-0.2, -0.15) is 0 Å². The summed E-state index contributed by atoms with van der Waals surface area (Å²) in [6.45, 7) is 2.69. The number of benzene rings is 2. The Morgan fingerprint density at radius 1 is 1.06 bits per heavy atom. The number of hydrogen-bond donors (Lipinski definition) is 3. The summed E-state index contributed by atoms with van der Waals surface area (Å²) >= 11 is 0. The zero-order chi connectivity index (χ0) is 24.4. The first-order chi connectivity index (χ1) is 17.0. The highest BCUT2D eigenvalue weighted by molar-refractivity contribution is 5.93. The van der Waals surface area contributed by atoms with Crippen molar-refractivity contribution in [1.29, 1.82) is 0 Å². The molecule has 2 aliphatic heterocycles. The molecule has 0 unspecified atom stereocenters. The number of carbonyl (C=O) groups is 2. The summed E-state index contributed by atoms with van der Waals surface area (Å²) in [5.74, 6) is -0.120. The van der Waals surface area contributed by atoms with Crippen molar-refractivity contribution in [3.63, 3.8) is 0 Å². The lowest BCUT2D eigenvalue weighted by molar-refractivity contribution is -0.138. The molecular formula is C26H25N3O6. The van der Waals surface area contributed by atoms with E-state index in [4.69, 9.17) is 14.6 Å². The first-order valence-corrected chi connectivity index (χ1v) is 11.5. The Morgan fingerprint density at radius 2 is 1.86 bits per heavy atom. The minimum atomic E-state index is -1.02. The van der Waals surface area contributed by atoms with Gasteiger partial charge in [0, 0.05) is 60.1 Å². The monoisotopic (exact) mass is 475 g/mol. The molecule has 35 heavy (non-hydrogen) atoms. The van der Waals surface area contributed by atoms with Crippen molar-refractivity contribution in [2.75, 3.05) is 36.5 Å². The number of nitrogens with one attached hydrogen (secondary N) is 2. The number of ether oxygens (including phenoxy) is 2. The third-order valence-corrected chi connectivity index (χ3v) is 6.14. The summed E-state index contributed by atoms with van der Waals surface area (Å²) in [5.41, 5.74) is 4.41. The van der Waals surface area contributed by atoms with E-state index in [-0.39, 0.29) is 24.3 Å². The average molecular weight is 476 g/mol. The number of hydrogen-bond acceptors (Lipinski definition) is 6. The largest absolute Gasteiger partial charge is 0.481 e. The van der Waals surface area contributed by atoms with Crippen LogP contribution in [0.2, 0.25) is 0 Å². The zero-order valence-corrected chi connectivity index (χ0v) is 19.0. The van der Waals surface area contributed by atoms with E-state index >= 15 is 0 Å². The first-order valence-electron chi connectivity index (χ1n) is 11.5. The second kappa shape index (κ2) is 9.63. The Kier molecular flexibility index (Phi) is 6.24. The number of fused-ring (bicyclic) bond motifs is 2. The van der Waals surface area contributed by atoms with Gasteiger partial charge in [0.2, 0.25) is 11.5 Å². The Morgan fingerprint density at radius 3 is 2.66 bits per heavy atom. The predicted molar refractivity (Wildman–Crippen MR) is 130 cm³/mol. The van der Waals surface area contributed by atoms with Crippen LogP contribution in [0.5, 0.6) is 11.5 Å². The number of H-pyrrole nitrogens is 1. The molecular weight excluding hydrogens is 450 g/mol. The molecule has 3 heterocycles. The zero-order valence-electron chi connectivity index (χ0n) is 19.0. The third kappa shape index (κ3) is 4.90. The van der Waals surface area contributed by atoms with Crippen molar-refractivity contribution in [3.05, 3.63) is 70.0 Å². The smallest absolute Gasteiger partial charge is 0.303 e. The van der Waals surface area contributed by atoms with Gasteiger partial charge in [0.1, 0.15) is 11.5 Å². The molecule has 3 N–H and O–H groups in total. The van der Waals surface area contributed by atoms with Gasteiger partial charge < -0.3 is 29.8 Å². The fraction of sp³-hybridized carbons (Fsp3) is 0.269. The summed E-state index contributed by atoms with van der Waals surface area (Å²) in [5, 5.41) is 11.6. The van der Waals surface area contributed by atoms with Crippen LogP contribution in [0, 0.1) is 0 Å². The summed E-state index contributed by atoms with van der Waals surface area (Å²) in [6, 6.07) is 14.7. The van der Waals surface area contributed by atoms with E-state index in [1.54, 1.807) is 18.2 Å². The van der Waals surface area contributed by atoms with E-state index < -0.39 is 5.97 Å². The van der Waals surface area contributed by atoms with Crippen molar-refractivity contribution in [2.45, 2.75) is 19.3 Å².